The molecule has 1 N–H and O–H groups in total. The van der Waals surface area contributed by atoms with Crippen LogP contribution in [0.2, 0.25) is 0 Å². The van der Waals surface area contributed by atoms with Crippen molar-refractivity contribution in [2.75, 3.05) is 5.32 Å². The molecule has 100 valence electrons. The van der Waals surface area contributed by atoms with Gasteiger partial charge in [-0.1, -0.05) is 20.8 Å². The second kappa shape index (κ2) is 4.97. The van der Waals surface area contributed by atoms with Crippen molar-refractivity contribution >= 4 is 22.4 Å². The maximum Gasteiger partial charge on any atom is 0.323 e. The van der Waals surface area contributed by atoms with Crippen molar-refractivity contribution in [3.63, 3.8) is 0 Å². The minimum atomic E-state index is -0.453. The monoisotopic (exact) mass is 277 g/mol. The smallest absolute Gasteiger partial charge is 0.323 e. The summed E-state index contributed by atoms with van der Waals surface area (Å²) in [6, 6.07) is 4.69. The topological polar surface area (TPSA) is 68.9 Å². The van der Waals surface area contributed by atoms with Gasteiger partial charge in [-0.2, -0.15) is 4.73 Å². The summed E-state index contributed by atoms with van der Waals surface area (Å²) in [7, 11) is 0. The first-order chi connectivity index (χ1) is 8.88. The average Bonchev–Trinajstić information content (AvgIpc) is 2.77. The number of carbonyl (C=O) groups is 1. The van der Waals surface area contributed by atoms with Crippen molar-refractivity contribution in [1.29, 1.82) is 0 Å². The molecule has 2 rings (SSSR count). The van der Waals surface area contributed by atoms with E-state index in [-0.39, 0.29) is 11.1 Å². The van der Waals surface area contributed by atoms with E-state index < -0.39 is 5.91 Å². The van der Waals surface area contributed by atoms with E-state index >= 15 is 0 Å². The first kappa shape index (κ1) is 13.5. The van der Waals surface area contributed by atoms with Gasteiger partial charge in [-0.15, -0.1) is 11.3 Å². The minimum Gasteiger partial charge on any atom is -0.618 e. The molecular weight excluding hydrogens is 262 g/mol. The summed E-state index contributed by atoms with van der Waals surface area (Å²) in [5.41, 5.74) is 0.899. The maximum absolute atomic E-state index is 11.9. The number of hydrogen-bond donors (Lipinski definition) is 1. The first-order valence-electron chi connectivity index (χ1n) is 5.83. The molecule has 0 aliphatic carbocycles. The van der Waals surface area contributed by atoms with E-state index in [4.69, 9.17) is 0 Å². The van der Waals surface area contributed by atoms with Crippen LogP contribution < -0.4 is 10.0 Å². The molecular formula is C13H15N3O2S. The third-order valence-electron chi connectivity index (χ3n) is 2.55. The number of thiazole rings is 1. The highest BCUT2D eigenvalue weighted by molar-refractivity contribution is 7.14. The van der Waals surface area contributed by atoms with E-state index in [9.17, 15) is 10.0 Å². The molecule has 2 aromatic rings. The second-order valence-electron chi connectivity index (χ2n) is 5.15. The van der Waals surface area contributed by atoms with Gasteiger partial charge in [-0.05, 0) is 6.07 Å². The molecule has 0 unspecified atom stereocenters. The predicted octanol–water partition coefficient (Wildman–Crippen LogP) is 2.33. The van der Waals surface area contributed by atoms with Crippen molar-refractivity contribution in [3.05, 3.63) is 46.4 Å². The number of aromatic nitrogens is 2. The zero-order chi connectivity index (χ0) is 14.0. The van der Waals surface area contributed by atoms with Gasteiger partial charge in [0.2, 0.25) is 0 Å². The highest BCUT2D eigenvalue weighted by Crippen LogP contribution is 2.26. The number of hydrogen-bond acceptors (Lipinski definition) is 4. The van der Waals surface area contributed by atoms with Crippen LogP contribution in [0.4, 0.5) is 5.13 Å². The van der Waals surface area contributed by atoms with Crippen molar-refractivity contribution < 1.29 is 9.52 Å². The normalized spacial score (nSPS) is 11.3. The molecule has 2 heterocycles. The van der Waals surface area contributed by atoms with Crippen LogP contribution in [0, 0.1) is 5.21 Å². The van der Waals surface area contributed by atoms with Crippen LogP contribution in [0.15, 0.2) is 29.8 Å². The van der Waals surface area contributed by atoms with E-state index in [0.717, 1.165) is 5.69 Å². The first-order valence-corrected chi connectivity index (χ1v) is 6.71. The average molecular weight is 277 g/mol. The number of rotatable bonds is 2. The number of carbonyl (C=O) groups excluding carboxylic acids is 1. The Hall–Kier alpha value is -1.95. The molecule has 0 aliphatic rings. The highest BCUT2D eigenvalue weighted by atomic mass is 32.1. The Morgan fingerprint density at radius 3 is 2.74 bits per heavy atom. The summed E-state index contributed by atoms with van der Waals surface area (Å²) < 4.78 is 0.535. The molecule has 19 heavy (non-hydrogen) atoms. The van der Waals surface area contributed by atoms with Crippen LogP contribution in [0.1, 0.15) is 37.0 Å². The van der Waals surface area contributed by atoms with Gasteiger partial charge in [0.05, 0.1) is 5.69 Å². The Balaban J connectivity index is 2.16. The summed E-state index contributed by atoms with van der Waals surface area (Å²) in [6.45, 7) is 6.16. The van der Waals surface area contributed by atoms with Crippen molar-refractivity contribution in [2.24, 2.45) is 0 Å². The van der Waals surface area contributed by atoms with Crippen LogP contribution in [0.3, 0.4) is 0 Å². The summed E-state index contributed by atoms with van der Waals surface area (Å²) in [5.74, 6) is -0.453. The van der Waals surface area contributed by atoms with Crippen LogP contribution in [-0.2, 0) is 5.41 Å². The second-order valence-corrected chi connectivity index (χ2v) is 6.01. The summed E-state index contributed by atoms with van der Waals surface area (Å²) in [6.07, 6.45) is 1.29. The Morgan fingerprint density at radius 2 is 2.16 bits per heavy atom. The molecule has 0 saturated heterocycles. The van der Waals surface area contributed by atoms with E-state index in [1.54, 1.807) is 12.1 Å². The van der Waals surface area contributed by atoms with Crippen LogP contribution in [0.5, 0.6) is 0 Å². The molecule has 2 aromatic heterocycles. The van der Waals surface area contributed by atoms with Crippen LogP contribution in [0.25, 0.3) is 0 Å². The molecule has 0 atom stereocenters. The molecule has 5 nitrogen and oxygen atoms in total. The molecule has 0 spiro atoms. The molecule has 0 bridgehead atoms. The number of anilines is 1. The lowest BCUT2D eigenvalue weighted by Gasteiger charge is -2.14. The lowest BCUT2D eigenvalue weighted by molar-refractivity contribution is -0.607. The predicted molar refractivity (Wildman–Crippen MR) is 74.2 cm³/mol. The van der Waals surface area contributed by atoms with Crippen LogP contribution >= 0.6 is 11.3 Å². The molecule has 0 aromatic carbocycles. The van der Waals surface area contributed by atoms with Gasteiger partial charge < -0.3 is 5.21 Å². The number of nitrogens with zero attached hydrogens (tertiary/aromatic N) is 2. The zero-order valence-corrected chi connectivity index (χ0v) is 11.8. The third-order valence-corrected chi connectivity index (χ3v) is 3.31. The Kier molecular flexibility index (Phi) is 3.53. The fourth-order valence-electron chi connectivity index (χ4n) is 1.44. The summed E-state index contributed by atoms with van der Waals surface area (Å²) in [5, 5.41) is 16.5. The fraction of sp³-hybridized carbons (Fsp3) is 0.308. The van der Waals surface area contributed by atoms with Crippen molar-refractivity contribution in [2.45, 2.75) is 26.2 Å². The molecule has 0 saturated carbocycles. The van der Waals surface area contributed by atoms with Gasteiger partial charge in [0.15, 0.2) is 11.3 Å². The maximum atomic E-state index is 11.9. The largest absolute Gasteiger partial charge is 0.618 e. The van der Waals surface area contributed by atoms with E-state index in [2.05, 4.69) is 31.1 Å². The van der Waals surface area contributed by atoms with Gasteiger partial charge in [-0.25, -0.2) is 4.98 Å². The van der Waals surface area contributed by atoms with Crippen LogP contribution in [-0.4, -0.2) is 10.9 Å². The standard InChI is InChI=1S/C13H15N3O2S/c1-13(2,3)10-8-19-12(14-10)15-11(17)9-6-4-5-7-16(9)18/h4-8H,1-3H3,(H,14,15,17). The lowest BCUT2D eigenvalue weighted by Crippen LogP contribution is -2.36. The van der Waals surface area contributed by atoms with Gasteiger partial charge in [0.25, 0.3) is 5.69 Å². The van der Waals surface area contributed by atoms with E-state index in [0.29, 0.717) is 9.86 Å². The molecule has 0 radical (unpaired) electrons. The summed E-state index contributed by atoms with van der Waals surface area (Å²) in [4.78, 5) is 16.3. The Labute approximate surface area is 115 Å². The van der Waals surface area contributed by atoms with Gasteiger partial charge in [0, 0.05) is 22.9 Å². The number of pyridine rings is 1. The SMILES string of the molecule is CC(C)(C)c1csc(NC(=O)c2cccc[n+]2[O-])n1. The third kappa shape index (κ3) is 3.08. The van der Waals surface area contributed by atoms with Crippen molar-refractivity contribution in [1.82, 2.24) is 4.98 Å². The number of amides is 1. The Morgan fingerprint density at radius 1 is 1.42 bits per heavy atom. The molecule has 1 amide bonds. The highest BCUT2D eigenvalue weighted by Gasteiger charge is 2.20. The zero-order valence-electron chi connectivity index (χ0n) is 11.0. The van der Waals surface area contributed by atoms with E-state index in [1.807, 2.05) is 5.38 Å². The fourth-order valence-corrected chi connectivity index (χ4v) is 2.37. The van der Waals surface area contributed by atoms with E-state index in [1.165, 1.54) is 23.6 Å². The van der Waals surface area contributed by atoms with Gasteiger partial charge >= 0.3 is 5.91 Å². The number of nitrogens with one attached hydrogen (secondary N) is 1. The summed E-state index contributed by atoms with van der Waals surface area (Å²) >= 11 is 1.35. The van der Waals surface area contributed by atoms with Gasteiger partial charge in [0.1, 0.15) is 0 Å². The molecule has 0 aliphatic heterocycles. The molecule has 6 heteroatoms. The van der Waals surface area contributed by atoms with Crippen molar-refractivity contribution in [3.8, 4) is 0 Å². The molecule has 0 fully saturated rings. The minimum absolute atomic E-state index is 0.0509. The Bertz CT molecular complexity index is 602. The van der Waals surface area contributed by atoms with Gasteiger partial charge in [-0.3, -0.25) is 10.1 Å². The lowest BCUT2D eigenvalue weighted by atomic mass is 9.93. The quantitative estimate of drug-likeness (QED) is 0.676.